The van der Waals surface area contributed by atoms with Gasteiger partial charge in [-0.05, 0) is 44.1 Å². The van der Waals surface area contributed by atoms with Gasteiger partial charge in [-0.3, -0.25) is 0 Å². The molecule has 1 aromatic carbocycles. The van der Waals surface area contributed by atoms with Crippen molar-refractivity contribution in [2.45, 2.75) is 119 Å². The first-order valence-electron chi connectivity index (χ1n) is 13.6. The van der Waals surface area contributed by atoms with E-state index in [9.17, 15) is 75.0 Å². The summed E-state index contributed by atoms with van der Waals surface area (Å²) in [5, 5.41) is 0. The molecule has 1 fully saturated rings. The van der Waals surface area contributed by atoms with Crippen molar-refractivity contribution < 1.29 is 79.8 Å². The van der Waals surface area contributed by atoms with E-state index < -0.39 is 96.8 Å². The fourth-order valence-corrected chi connectivity index (χ4v) is 4.85. The number of hydrogen-bond donors (Lipinski definition) is 0. The zero-order valence-corrected chi connectivity index (χ0v) is 23.2. The molecule has 0 spiro atoms. The molecule has 0 N–H and O–H groups in total. The number of ether oxygens (including phenoxy) is 1. The highest BCUT2D eigenvalue weighted by molar-refractivity contribution is 5.91. The molecule has 0 atom stereocenters. The van der Waals surface area contributed by atoms with Gasteiger partial charge in [0.1, 0.15) is 11.9 Å². The lowest BCUT2D eigenvalue weighted by molar-refractivity contribution is -0.455. The number of benzene rings is 1. The summed E-state index contributed by atoms with van der Waals surface area (Å²) >= 11 is 0. The van der Waals surface area contributed by atoms with Crippen LogP contribution in [0.3, 0.4) is 0 Å². The van der Waals surface area contributed by atoms with E-state index in [1.54, 1.807) is 0 Å². The Labute approximate surface area is 246 Å². The molecule has 1 radical (unpaired) electrons. The molecular formula is C27H27F16O2. The van der Waals surface area contributed by atoms with Crippen LogP contribution in [0, 0.1) is 17.8 Å². The molecule has 0 unspecified atom stereocenters. The van der Waals surface area contributed by atoms with Crippen molar-refractivity contribution in [2.75, 3.05) is 0 Å². The first-order chi connectivity index (χ1) is 20.3. The van der Waals surface area contributed by atoms with Crippen LogP contribution in [0.1, 0.15) is 80.6 Å². The molecule has 259 valence electrons. The summed E-state index contributed by atoms with van der Waals surface area (Å²) in [6.07, 6.45) is -9.17. The van der Waals surface area contributed by atoms with E-state index >= 15 is 0 Å². The van der Waals surface area contributed by atoms with Crippen LogP contribution in [-0.2, 0) is 11.2 Å². The summed E-state index contributed by atoms with van der Waals surface area (Å²) in [5.74, 6) is -52.3. The Morgan fingerprint density at radius 1 is 0.733 bits per heavy atom. The van der Waals surface area contributed by atoms with Crippen molar-refractivity contribution in [1.29, 1.82) is 0 Å². The van der Waals surface area contributed by atoms with E-state index in [1.165, 1.54) is 12.1 Å². The second-order valence-electron chi connectivity index (χ2n) is 10.7. The average molecular weight is 687 g/mol. The number of carbonyl (C=O) groups is 1. The largest absolute Gasteiger partial charge is 0.460 e. The van der Waals surface area contributed by atoms with Gasteiger partial charge in [0.05, 0.1) is 5.56 Å². The average Bonchev–Trinajstić information content (AvgIpc) is 2.92. The van der Waals surface area contributed by atoms with E-state index in [0.717, 1.165) is 25.7 Å². The molecule has 0 aliphatic heterocycles. The molecule has 1 aliphatic rings. The highest BCUT2D eigenvalue weighted by Crippen LogP contribution is 2.63. The van der Waals surface area contributed by atoms with E-state index in [-0.39, 0.29) is 12.0 Å². The van der Waals surface area contributed by atoms with Crippen molar-refractivity contribution in [2.24, 2.45) is 5.92 Å². The smallest absolute Gasteiger partial charge is 0.459 e. The molecule has 18 heteroatoms. The highest BCUT2D eigenvalue weighted by atomic mass is 19.4. The number of alkyl halides is 15. The molecule has 0 aromatic heterocycles. The maximum Gasteiger partial charge on any atom is 0.460 e. The third kappa shape index (κ3) is 6.98. The minimum absolute atomic E-state index is 0.198. The monoisotopic (exact) mass is 687 g/mol. The van der Waals surface area contributed by atoms with Crippen molar-refractivity contribution in [3.05, 3.63) is 35.1 Å². The zero-order valence-electron chi connectivity index (χ0n) is 23.2. The molecule has 45 heavy (non-hydrogen) atoms. The van der Waals surface area contributed by atoms with Crippen LogP contribution in [0.5, 0.6) is 0 Å². The number of halogens is 16. The molecule has 2 nitrogen and oxygen atoms in total. The third-order valence-electron chi connectivity index (χ3n) is 7.60. The molecule has 1 saturated carbocycles. The van der Waals surface area contributed by atoms with Crippen LogP contribution in [0.25, 0.3) is 0 Å². The third-order valence-corrected chi connectivity index (χ3v) is 7.60. The van der Waals surface area contributed by atoms with E-state index in [4.69, 9.17) is 4.74 Å². The van der Waals surface area contributed by atoms with Crippen molar-refractivity contribution in [3.63, 3.8) is 0 Å². The van der Waals surface area contributed by atoms with Crippen LogP contribution < -0.4 is 0 Å². The number of esters is 1. The molecule has 0 amide bonds. The molecule has 1 aliphatic carbocycles. The minimum Gasteiger partial charge on any atom is -0.459 e. The van der Waals surface area contributed by atoms with Gasteiger partial charge >= 0.3 is 47.7 Å². The number of aryl methyl sites for hydroxylation is 1. The molecule has 0 bridgehead atoms. The molecule has 0 saturated heterocycles. The van der Waals surface area contributed by atoms with Crippen LogP contribution in [0.4, 0.5) is 70.2 Å². The fourth-order valence-electron chi connectivity index (χ4n) is 4.85. The highest BCUT2D eigenvalue weighted by Gasteiger charge is 2.93. The topological polar surface area (TPSA) is 26.3 Å². The second kappa shape index (κ2) is 13.4. The maximum absolute atomic E-state index is 14.6. The summed E-state index contributed by atoms with van der Waals surface area (Å²) < 4.78 is 223. The number of unbranched alkanes of at least 4 members (excludes halogenated alkanes) is 4. The zero-order chi connectivity index (χ0) is 34.9. The van der Waals surface area contributed by atoms with Crippen LogP contribution in [0.15, 0.2) is 12.1 Å². The second-order valence-corrected chi connectivity index (χ2v) is 10.7. The quantitative estimate of drug-likeness (QED) is 0.111. The number of carbonyl (C=O) groups excluding carboxylic acids is 1. The van der Waals surface area contributed by atoms with E-state index in [2.05, 4.69) is 6.07 Å². The predicted molar refractivity (Wildman–Crippen MR) is 125 cm³/mol. The summed E-state index contributed by atoms with van der Waals surface area (Å²) in [7, 11) is 0. The van der Waals surface area contributed by atoms with Gasteiger partial charge in [-0.15, -0.1) is 0 Å². The summed E-state index contributed by atoms with van der Waals surface area (Å²) in [4.78, 5) is 12.7. The van der Waals surface area contributed by atoms with E-state index in [1.807, 2.05) is 6.92 Å². The first-order valence-corrected chi connectivity index (χ1v) is 13.6. The molecule has 2 rings (SSSR count). The molecule has 1 aromatic rings. The van der Waals surface area contributed by atoms with Gasteiger partial charge in [-0.1, -0.05) is 44.7 Å². The molecule has 0 heterocycles. The van der Waals surface area contributed by atoms with Gasteiger partial charge in [-0.2, -0.15) is 65.9 Å². The fraction of sp³-hybridized carbons (Fsp3) is 0.741. The SMILES string of the molecule is CCCCCCCc1cc[c]c(F)c1C(=O)O[C@H]1CC[C@H](C(F)(F)C(F)(F)C(F)(F)C(F)(F)C(F)(F)C(F)(F)C(F)(F)F)CC1. The Kier molecular flexibility index (Phi) is 11.5. The normalized spacial score (nSPS) is 19.5. The lowest BCUT2D eigenvalue weighted by atomic mass is 9.78. The van der Waals surface area contributed by atoms with Crippen molar-refractivity contribution in [3.8, 4) is 0 Å². The van der Waals surface area contributed by atoms with Crippen LogP contribution in [0.2, 0.25) is 0 Å². The van der Waals surface area contributed by atoms with Crippen LogP contribution in [-0.4, -0.2) is 53.8 Å². The maximum atomic E-state index is 14.6. The molecular weight excluding hydrogens is 660 g/mol. The minimum atomic E-state index is -8.34. The van der Waals surface area contributed by atoms with Gasteiger partial charge in [0.2, 0.25) is 0 Å². The van der Waals surface area contributed by atoms with Gasteiger partial charge in [0.25, 0.3) is 0 Å². The van der Waals surface area contributed by atoms with Gasteiger partial charge in [-0.25, -0.2) is 9.18 Å². The van der Waals surface area contributed by atoms with Crippen LogP contribution >= 0.6 is 0 Å². The van der Waals surface area contributed by atoms with Crippen molar-refractivity contribution >= 4 is 5.97 Å². The Morgan fingerprint density at radius 2 is 1.22 bits per heavy atom. The lowest BCUT2D eigenvalue weighted by Gasteiger charge is -2.44. The Bertz CT molecular complexity index is 1150. The number of hydrogen-bond acceptors (Lipinski definition) is 2. The predicted octanol–water partition coefficient (Wildman–Crippen LogP) is 10.2. The lowest BCUT2D eigenvalue weighted by Crippen LogP contribution is -2.73. The van der Waals surface area contributed by atoms with Gasteiger partial charge in [0.15, 0.2) is 0 Å². The Morgan fingerprint density at radius 3 is 1.73 bits per heavy atom. The summed E-state index contributed by atoms with van der Waals surface area (Å²) in [6, 6.07) is 4.67. The Hall–Kier alpha value is -2.43. The standard InChI is InChI=1S/C27H27F16O2/c1-2-3-4-5-6-8-15-9-7-10-18(28)19(15)20(44)45-17-13-11-16(12-14-17)21(29,30)22(31,32)23(33,34)24(35,36)25(37,38)26(39,40)27(41,42)43/h7,9,16-17H,2-6,8,11-14H2,1H3/t16-,17-. The Balaban J connectivity index is 2.20. The summed E-state index contributed by atoms with van der Waals surface area (Å²) in [6.45, 7) is 1.97. The van der Waals surface area contributed by atoms with Crippen molar-refractivity contribution in [1.82, 2.24) is 0 Å². The summed E-state index contributed by atoms with van der Waals surface area (Å²) in [5.41, 5.74) is -0.367. The van der Waals surface area contributed by atoms with Gasteiger partial charge in [0, 0.05) is 12.0 Å². The first kappa shape index (κ1) is 38.8. The van der Waals surface area contributed by atoms with Gasteiger partial charge < -0.3 is 4.74 Å². The van der Waals surface area contributed by atoms with E-state index in [0.29, 0.717) is 6.42 Å². The number of rotatable bonds is 14.